The van der Waals surface area contributed by atoms with Crippen LogP contribution in [0.1, 0.15) is 11.3 Å². The van der Waals surface area contributed by atoms with Crippen molar-refractivity contribution in [1.29, 1.82) is 0 Å². The fraction of sp³-hybridized carbons (Fsp3) is 0.273. The number of hydrogen-bond acceptors (Lipinski definition) is 3. The van der Waals surface area contributed by atoms with E-state index in [2.05, 4.69) is 17.2 Å². The molecule has 4 nitrogen and oxygen atoms in total. The lowest BCUT2D eigenvalue weighted by Gasteiger charge is -2.12. The first-order chi connectivity index (χ1) is 14.2. The summed E-state index contributed by atoms with van der Waals surface area (Å²) < 4.78 is 57.4. The highest BCUT2D eigenvalue weighted by atomic mass is 32.2. The average molecular weight is 434 g/mol. The molecule has 0 radical (unpaired) electrons. The Bertz CT molecular complexity index is 1110. The molecule has 0 spiro atoms. The predicted molar refractivity (Wildman–Crippen MR) is 113 cm³/mol. The molecule has 0 amide bonds. The molecule has 1 heterocycles. The summed E-state index contributed by atoms with van der Waals surface area (Å²) in [5, 5.41) is 3.84. The van der Waals surface area contributed by atoms with Crippen molar-refractivity contribution in [2.24, 2.45) is 0 Å². The lowest BCUT2D eigenvalue weighted by Crippen LogP contribution is -2.18. The van der Waals surface area contributed by atoms with Crippen LogP contribution in [0.2, 0.25) is 0 Å². The number of nitrogens with one attached hydrogen (secondary N) is 1. The first-order valence-corrected chi connectivity index (χ1v) is 10.6. The molecule has 0 saturated heterocycles. The van der Waals surface area contributed by atoms with E-state index < -0.39 is 23.9 Å². The van der Waals surface area contributed by atoms with Gasteiger partial charge in [-0.05, 0) is 53.8 Å². The van der Waals surface area contributed by atoms with Gasteiger partial charge in [0.1, 0.15) is 18.6 Å². The molecule has 0 bridgehead atoms. The number of halogens is 3. The molecule has 0 aliphatic heterocycles. The van der Waals surface area contributed by atoms with Gasteiger partial charge in [-0.1, -0.05) is 18.1 Å². The summed E-state index contributed by atoms with van der Waals surface area (Å²) in [6.07, 6.45) is -2.77. The SMILES string of the molecule is COc1cc([S+](C)[O-])ccc1NCC#Cc1cc2c(C)cccc2n1CC(F)(F)F. The molecule has 0 saturated carbocycles. The summed E-state index contributed by atoms with van der Waals surface area (Å²) in [5.41, 5.74) is 2.37. The maximum atomic E-state index is 13.1. The van der Waals surface area contributed by atoms with E-state index in [9.17, 15) is 17.7 Å². The van der Waals surface area contributed by atoms with Gasteiger partial charge in [-0.15, -0.1) is 0 Å². The number of benzene rings is 2. The van der Waals surface area contributed by atoms with Crippen LogP contribution in [0.25, 0.3) is 10.9 Å². The van der Waals surface area contributed by atoms with Gasteiger partial charge in [-0.25, -0.2) is 0 Å². The van der Waals surface area contributed by atoms with Crippen molar-refractivity contribution in [3.63, 3.8) is 0 Å². The highest BCUT2D eigenvalue weighted by Gasteiger charge is 2.29. The smallest absolute Gasteiger partial charge is 0.406 e. The fourth-order valence-corrected chi connectivity index (χ4v) is 3.69. The van der Waals surface area contributed by atoms with E-state index in [1.807, 2.05) is 13.0 Å². The number of alkyl halides is 3. The average Bonchev–Trinajstić information content (AvgIpc) is 3.02. The quantitative estimate of drug-likeness (QED) is 0.467. The Morgan fingerprint density at radius 1 is 1.20 bits per heavy atom. The van der Waals surface area contributed by atoms with Crippen molar-refractivity contribution >= 4 is 27.8 Å². The third-order valence-corrected chi connectivity index (χ3v) is 5.51. The Morgan fingerprint density at radius 2 is 1.97 bits per heavy atom. The lowest BCUT2D eigenvalue weighted by molar-refractivity contribution is -0.140. The monoisotopic (exact) mass is 434 g/mol. The van der Waals surface area contributed by atoms with Gasteiger partial charge in [0.05, 0.1) is 25.0 Å². The van der Waals surface area contributed by atoms with Gasteiger partial charge in [-0.2, -0.15) is 13.2 Å². The zero-order chi connectivity index (χ0) is 21.9. The van der Waals surface area contributed by atoms with E-state index in [0.29, 0.717) is 27.5 Å². The summed E-state index contributed by atoms with van der Waals surface area (Å²) in [5.74, 6) is 6.25. The van der Waals surface area contributed by atoms with Crippen LogP contribution in [-0.2, 0) is 17.7 Å². The maximum absolute atomic E-state index is 13.1. The number of hydrogen-bond donors (Lipinski definition) is 1. The summed E-state index contributed by atoms with van der Waals surface area (Å²) in [4.78, 5) is 0.635. The van der Waals surface area contributed by atoms with E-state index in [-0.39, 0.29) is 6.54 Å². The van der Waals surface area contributed by atoms with Crippen molar-refractivity contribution in [3.05, 3.63) is 53.7 Å². The Morgan fingerprint density at radius 3 is 2.63 bits per heavy atom. The van der Waals surface area contributed by atoms with Crippen LogP contribution in [0.4, 0.5) is 18.9 Å². The molecule has 3 rings (SSSR count). The number of aryl methyl sites for hydroxylation is 1. The first-order valence-electron chi connectivity index (χ1n) is 9.09. The van der Waals surface area contributed by atoms with E-state index in [4.69, 9.17) is 4.74 Å². The molecule has 2 aromatic carbocycles. The second kappa shape index (κ2) is 8.94. The molecule has 3 aromatic rings. The van der Waals surface area contributed by atoms with Gasteiger partial charge in [0.25, 0.3) is 0 Å². The number of fused-ring (bicyclic) bond motifs is 1. The molecule has 0 fully saturated rings. The van der Waals surface area contributed by atoms with Gasteiger partial charge >= 0.3 is 6.18 Å². The Hall–Kier alpha value is -2.76. The molecular formula is C22H21F3N2O2S. The van der Waals surface area contributed by atoms with Crippen LogP contribution < -0.4 is 10.1 Å². The normalized spacial score (nSPS) is 12.4. The number of methoxy groups -OCH3 is 1. The number of anilines is 1. The minimum absolute atomic E-state index is 0.206. The van der Waals surface area contributed by atoms with Crippen molar-refractivity contribution < 1.29 is 22.5 Å². The van der Waals surface area contributed by atoms with Crippen molar-refractivity contribution in [2.45, 2.75) is 24.5 Å². The van der Waals surface area contributed by atoms with Crippen LogP contribution in [0.3, 0.4) is 0 Å². The molecular weight excluding hydrogens is 413 g/mol. The second-order valence-corrected chi connectivity index (χ2v) is 8.09. The summed E-state index contributed by atoms with van der Waals surface area (Å²) in [6, 6.07) is 12.1. The summed E-state index contributed by atoms with van der Waals surface area (Å²) in [7, 11) is 1.51. The third-order valence-electron chi connectivity index (χ3n) is 4.59. The topological polar surface area (TPSA) is 49.2 Å². The van der Waals surface area contributed by atoms with Crippen LogP contribution >= 0.6 is 0 Å². The van der Waals surface area contributed by atoms with E-state index in [1.54, 1.807) is 42.7 Å². The summed E-state index contributed by atoms with van der Waals surface area (Å²) in [6.45, 7) is 0.969. The van der Waals surface area contributed by atoms with Crippen LogP contribution in [-0.4, -0.2) is 35.2 Å². The van der Waals surface area contributed by atoms with Gasteiger partial charge < -0.3 is 19.2 Å². The standard InChI is InChI=1S/C22H21F3N2O2S/c1-15-6-4-8-20-18(15)12-16(27(20)14-22(23,24)25)7-5-11-26-19-10-9-17(30(3)28)13-21(19)29-2/h4,6,8-10,12-13,26H,11,14H2,1-3H3. The Balaban J connectivity index is 1.85. The molecule has 0 aliphatic rings. The molecule has 0 aliphatic carbocycles. The van der Waals surface area contributed by atoms with Gasteiger partial charge in [-0.3, -0.25) is 0 Å². The van der Waals surface area contributed by atoms with Crippen molar-refractivity contribution in [3.8, 4) is 17.6 Å². The molecule has 1 aromatic heterocycles. The fourth-order valence-electron chi connectivity index (χ4n) is 3.16. The minimum atomic E-state index is -4.35. The zero-order valence-electron chi connectivity index (χ0n) is 16.8. The van der Waals surface area contributed by atoms with Crippen molar-refractivity contribution in [1.82, 2.24) is 4.57 Å². The molecule has 1 N–H and O–H groups in total. The first kappa shape index (κ1) is 21.9. The Kier molecular flexibility index (Phi) is 6.54. The molecule has 8 heteroatoms. The number of nitrogens with zero attached hydrogens (tertiary/aromatic N) is 1. The second-order valence-electron chi connectivity index (χ2n) is 6.71. The van der Waals surface area contributed by atoms with Gasteiger partial charge in [0, 0.05) is 17.0 Å². The third kappa shape index (κ3) is 5.04. The number of aromatic nitrogens is 1. The van der Waals surface area contributed by atoms with Crippen LogP contribution in [0.5, 0.6) is 5.75 Å². The highest BCUT2D eigenvalue weighted by molar-refractivity contribution is 7.90. The molecule has 1 atom stereocenters. The van der Waals surface area contributed by atoms with E-state index in [1.165, 1.54) is 11.7 Å². The van der Waals surface area contributed by atoms with Crippen molar-refractivity contribution in [2.75, 3.05) is 25.2 Å². The number of rotatable bonds is 5. The zero-order valence-corrected chi connectivity index (χ0v) is 17.6. The summed E-state index contributed by atoms with van der Waals surface area (Å²) >= 11 is -1.13. The van der Waals surface area contributed by atoms with E-state index in [0.717, 1.165) is 10.9 Å². The van der Waals surface area contributed by atoms with Gasteiger partial charge in [0.15, 0.2) is 4.90 Å². The van der Waals surface area contributed by atoms with Crippen LogP contribution in [0.15, 0.2) is 47.4 Å². The Labute approximate surface area is 176 Å². The largest absolute Gasteiger partial charge is 0.612 e. The minimum Gasteiger partial charge on any atom is -0.612 e. The van der Waals surface area contributed by atoms with Gasteiger partial charge in [0.2, 0.25) is 0 Å². The number of ether oxygens (including phenoxy) is 1. The molecule has 1 unspecified atom stereocenters. The van der Waals surface area contributed by atoms with Crippen LogP contribution in [0, 0.1) is 18.8 Å². The highest BCUT2D eigenvalue weighted by Crippen LogP contribution is 2.28. The maximum Gasteiger partial charge on any atom is 0.406 e. The predicted octanol–water partition coefficient (Wildman–Crippen LogP) is 4.72. The molecule has 158 valence electrons. The molecule has 30 heavy (non-hydrogen) atoms. The lowest BCUT2D eigenvalue weighted by atomic mass is 10.1. The van der Waals surface area contributed by atoms with E-state index >= 15 is 0 Å².